The molecule has 0 spiro atoms. The first-order chi connectivity index (χ1) is 12.0. The number of rotatable bonds is 11. The molecule has 0 aromatic heterocycles. The van der Waals surface area contributed by atoms with Gasteiger partial charge >= 0.3 is 5.97 Å². The van der Waals surface area contributed by atoms with Crippen LogP contribution in [0.3, 0.4) is 0 Å². The number of ether oxygens (including phenoxy) is 1. The zero-order valence-electron chi connectivity index (χ0n) is 16.1. The van der Waals surface area contributed by atoms with E-state index in [9.17, 15) is 9.59 Å². The van der Waals surface area contributed by atoms with Crippen molar-refractivity contribution < 1.29 is 14.3 Å². The lowest BCUT2D eigenvalue weighted by Gasteiger charge is -2.23. The predicted molar refractivity (Wildman–Crippen MR) is 101 cm³/mol. The predicted octanol–water partition coefficient (Wildman–Crippen LogP) is 3.12. The first-order valence-corrected chi connectivity index (χ1v) is 9.16. The summed E-state index contributed by atoms with van der Waals surface area (Å²) in [5.41, 5.74) is 1.79. The third kappa shape index (κ3) is 7.69. The van der Waals surface area contributed by atoms with E-state index in [0.29, 0.717) is 18.7 Å². The molecule has 25 heavy (non-hydrogen) atoms. The van der Waals surface area contributed by atoms with Gasteiger partial charge in [-0.15, -0.1) is 0 Å². The summed E-state index contributed by atoms with van der Waals surface area (Å²) in [6.07, 6.45) is 2.19. The minimum absolute atomic E-state index is 0.0215. The van der Waals surface area contributed by atoms with Gasteiger partial charge < -0.3 is 14.5 Å². The molecule has 0 aliphatic carbocycles. The molecule has 1 aromatic carbocycles. The molecule has 0 aliphatic heterocycles. The highest BCUT2D eigenvalue weighted by Crippen LogP contribution is 2.10. The number of aryl methyl sites for hydroxylation is 1. The molecule has 0 unspecified atom stereocenters. The van der Waals surface area contributed by atoms with Gasteiger partial charge in [0.25, 0.3) is 5.91 Å². The number of carbonyl (C=O) groups is 2. The molecule has 1 aromatic rings. The second kappa shape index (κ2) is 11.6. The molecular formula is C20H32N2O3. The summed E-state index contributed by atoms with van der Waals surface area (Å²) in [4.78, 5) is 28.4. The topological polar surface area (TPSA) is 49.9 Å². The van der Waals surface area contributed by atoms with E-state index in [0.717, 1.165) is 38.0 Å². The Kier molecular flexibility index (Phi) is 9.85. The standard InChI is InChI=1S/C20H32N2O3/c1-5-21(6-2)14-7-8-15-22(16-13-19(23)25-4)20(24)18-11-9-17(3)10-12-18/h9-12H,5-8,13-16H2,1-4H3. The van der Waals surface area contributed by atoms with Crippen molar-refractivity contribution in [2.75, 3.05) is 39.8 Å². The number of methoxy groups -OCH3 is 1. The van der Waals surface area contributed by atoms with Crippen LogP contribution < -0.4 is 0 Å². The average Bonchev–Trinajstić information content (AvgIpc) is 2.64. The lowest BCUT2D eigenvalue weighted by Crippen LogP contribution is -2.34. The van der Waals surface area contributed by atoms with Crippen molar-refractivity contribution in [1.82, 2.24) is 9.80 Å². The Hall–Kier alpha value is -1.88. The Morgan fingerprint density at radius 1 is 0.960 bits per heavy atom. The highest BCUT2D eigenvalue weighted by Gasteiger charge is 2.17. The summed E-state index contributed by atoms with van der Waals surface area (Å²) in [7, 11) is 1.37. The van der Waals surface area contributed by atoms with E-state index in [-0.39, 0.29) is 18.3 Å². The third-order valence-electron chi connectivity index (χ3n) is 4.45. The van der Waals surface area contributed by atoms with Gasteiger partial charge in [-0.1, -0.05) is 31.5 Å². The lowest BCUT2D eigenvalue weighted by atomic mass is 10.1. The first kappa shape index (κ1) is 21.2. The number of esters is 1. The number of unbranched alkanes of at least 4 members (excludes halogenated alkanes) is 1. The number of hydrogen-bond donors (Lipinski definition) is 0. The molecule has 0 bridgehead atoms. The quantitative estimate of drug-likeness (QED) is 0.455. The molecule has 140 valence electrons. The highest BCUT2D eigenvalue weighted by molar-refractivity contribution is 5.94. The molecule has 1 amide bonds. The molecule has 0 atom stereocenters. The van der Waals surface area contributed by atoms with Crippen molar-refractivity contribution in [1.29, 1.82) is 0 Å². The van der Waals surface area contributed by atoms with Crippen LogP contribution in [0.15, 0.2) is 24.3 Å². The summed E-state index contributed by atoms with van der Waals surface area (Å²) in [6, 6.07) is 7.57. The Morgan fingerprint density at radius 2 is 1.56 bits per heavy atom. The molecule has 0 fully saturated rings. The van der Waals surface area contributed by atoms with Crippen molar-refractivity contribution in [3.05, 3.63) is 35.4 Å². The van der Waals surface area contributed by atoms with E-state index < -0.39 is 0 Å². The molecule has 0 heterocycles. The zero-order chi connectivity index (χ0) is 18.7. The number of benzene rings is 1. The SMILES string of the molecule is CCN(CC)CCCCN(CCC(=O)OC)C(=O)c1ccc(C)cc1. The Labute approximate surface area is 151 Å². The second-order valence-electron chi connectivity index (χ2n) is 6.22. The molecule has 5 nitrogen and oxygen atoms in total. The fourth-order valence-corrected chi connectivity index (χ4v) is 2.70. The van der Waals surface area contributed by atoms with E-state index in [1.165, 1.54) is 7.11 Å². The normalized spacial score (nSPS) is 10.8. The van der Waals surface area contributed by atoms with E-state index in [1.54, 1.807) is 4.90 Å². The molecule has 0 aliphatic rings. The van der Waals surface area contributed by atoms with E-state index in [2.05, 4.69) is 18.7 Å². The van der Waals surface area contributed by atoms with Crippen LogP contribution in [0.4, 0.5) is 0 Å². The molecule has 0 saturated carbocycles. The number of amides is 1. The van der Waals surface area contributed by atoms with Crippen LogP contribution in [-0.2, 0) is 9.53 Å². The Bertz CT molecular complexity index is 524. The lowest BCUT2D eigenvalue weighted by molar-refractivity contribution is -0.140. The summed E-state index contributed by atoms with van der Waals surface area (Å²) in [5.74, 6) is -0.309. The van der Waals surface area contributed by atoms with Crippen LogP contribution in [0, 0.1) is 6.92 Å². The van der Waals surface area contributed by atoms with E-state index in [4.69, 9.17) is 4.74 Å². The van der Waals surface area contributed by atoms with Gasteiger partial charge in [-0.2, -0.15) is 0 Å². The molecular weight excluding hydrogens is 316 g/mol. The maximum atomic E-state index is 12.8. The highest BCUT2D eigenvalue weighted by atomic mass is 16.5. The maximum absolute atomic E-state index is 12.8. The number of hydrogen-bond acceptors (Lipinski definition) is 4. The van der Waals surface area contributed by atoms with Gasteiger partial charge in [0, 0.05) is 18.7 Å². The van der Waals surface area contributed by atoms with Crippen LogP contribution in [0.5, 0.6) is 0 Å². The van der Waals surface area contributed by atoms with Crippen molar-refractivity contribution in [2.24, 2.45) is 0 Å². The number of nitrogens with zero attached hydrogens (tertiary/aromatic N) is 2. The van der Waals surface area contributed by atoms with Gasteiger partial charge in [-0.25, -0.2) is 0 Å². The van der Waals surface area contributed by atoms with Gasteiger partial charge in [-0.05, 0) is 51.5 Å². The summed E-state index contributed by atoms with van der Waals surface area (Å²) in [5, 5.41) is 0. The van der Waals surface area contributed by atoms with Crippen molar-refractivity contribution in [3.63, 3.8) is 0 Å². The van der Waals surface area contributed by atoms with Gasteiger partial charge in [0.05, 0.1) is 13.5 Å². The fraction of sp³-hybridized carbons (Fsp3) is 0.600. The third-order valence-corrected chi connectivity index (χ3v) is 4.45. The van der Waals surface area contributed by atoms with Gasteiger partial charge in [0.2, 0.25) is 0 Å². The maximum Gasteiger partial charge on any atom is 0.307 e. The Morgan fingerprint density at radius 3 is 2.12 bits per heavy atom. The molecule has 0 N–H and O–H groups in total. The van der Waals surface area contributed by atoms with Crippen LogP contribution in [0.25, 0.3) is 0 Å². The monoisotopic (exact) mass is 348 g/mol. The fourth-order valence-electron chi connectivity index (χ4n) is 2.70. The van der Waals surface area contributed by atoms with E-state index in [1.807, 2.05) is 31.2 Å². The largest absolute Gasteiger partial charge is 0.469 e. The second-order valence-corrected chi connectivity index (χ2v) is 6.22. The zero-order valence-corrected chi connectivity index (χ0v) is 16.1. The average molecular weight is 348 g/mol. The molecule has 0 saturated heterocycles. The van der Waals surface area contributed by atoms with Gasteiger partial charge in [0.15, 0.2) is 0 Å². The van der Waals surface area contributed by atoms with Gasteiger partial charge in [-0.3, -0.25) is 9.59 Å². The van der Waals surface area contributed by atoms with Crippen LogP contribution >= 0.6 is 0 Å². The van der Waals surface area contributed by atoms with Crippen LogP contribution in [0.1, 0.15) is 49.0 Å². The van der Waals surface area contributed by atoms with Gasteiger partial charge in [0.1, 0.15) is 0 Å². The summed E-state index contributed by atoms with van der Waals surface area (Å²) < 4.78 is 4.70. The Balaban J connectivity index is 2.63. The number of carbonyl (C=O) groups excluding carboxylic acids is 2. The van der Waals surface area contributed by atoms with Crippen LogP contribution in [-0.4, -0.2) is 61.5 Å². The molecule has 0 radical (unpaired) electrons. The minimum atomic E-state index is -0.287. The smallest absolute Gasteiger partial charge is 0.307 e. The van der Waals surface area contributed by atoms with Crippen molar-refractivity contribution in [3.8, 4) is 0 Å². The van der Waals surface area contributed by atoms with Crippen molar-refractivity contribution in [2.45, 2.75) is 40.0 Å². The minimum Gasteiger partial charge on any atom is -0.469 e. The summed E-state index contributed by atoms with van der Waals surface area (Å²) >= 11 is 0. The van der Waals surface area contributed by atoms with Crippen molar-refractivity contribution >= 4 is 11.9 Å². The van der Waals surface area contributed by atoms with E-state index >= 15 is 0 Å². The van der Waals surface area contributed by atoms with Crippen LogP contribution in [0.2, 0.25) is 0 Å². The summed E-state index contributed by atoms with van der Waals surface area (Å²) in [6.45, 7) is 10.5. The molecule has 5 heteroatoms. The first-order valence-electron chi connectivity index (χ1n) is 9.16. The molecule has 1 rings (SSSR count).